The van der Waals surface area contributed by atoms with Gasteiger partial charge in [0.15, 0.2) is 0 Å². The number of hydrogen-bond acceptors (Lipinski definition) is 4. The predicted molar refractivity (Wildman–Crippen MR) is 101 cm³/mol. The maximum Gasteiger partial charge on any atom is 0.253 e. The highest BCUT2D eigenvalue weighted by molar-refractivity contribution is 7.16. The Morgan fingerprint density at radius 2 is 2.09 bits per heavy atom. The summed E-state index contributed by atoms with van der Waals surface area (Å²) in [5.74, 6) is 0.919. The largest absolute Gasteiger partial charge is 0.339 e. The first-order valence-corrected chi connectivity index (χ1v) is 8.43. The quantitative estimate of drug-likeness (QED) is 0.887. The standard InChI is InChI=1S/C16H21N3OS.2ClH/c1-17-7-4-12-5-8-19(9-6-12)16(20)13-2-3-14-15(10-13)21-11-18-14;;/h2-3,10-12,17H,4-9H2,1H3;2*1H. The van der Waals surface area contributed by atoms with Gasteiger partial charge < -0.3 is 10.2 Å². The predicted octanol–water partition coefficient (Wildman–Crippen LogP) is 3.60. The fourth-order valence-electron chi connectivity index (χ4n) is 2.94. The molecule has 3 rings (SSSR count). The summed E-state index contributed by atoms with van der Waals surface area (Å²) < 4.78 is 1.09. The summed E-state index contributed by atoms with van der Waals surface area (Å²) in [5, 5.41) is 3.20. The van der Waals surface area contributed by atoms with Crippen molar-refractivity contribution in [1.82, 2.24) is 15.2 Å². The van der Waals surface area contributed by atoms with Crippen LogP contribution in [0.5, 0.6) is 0 Å². The summed E-state index contributed by atoms with van der Waals surface area (Å²) in [6.07, 6.45) is 3.46. The normalized spacial score (nSPS) is 15.1. The number of piperidine rings is 1. The lowest BCUT2D eigenvalue weighted by molar-refractivity contribution is 0.0687. The highest BCUT2D eigenvalue weighted by Crippen LogP contribution is 2.23. The highest BCUT2D eigenvalue weighted by atomic mass is 35.5. The summed E-state index contributed by atoms with van der Waals surface area (Å²) in [4.78, 5) is 18.8. The molecule has 1 amide bonds. The molecule has 0 radical (unpaired) electrons. The second-order valence-electron chi connectivity index (χ2n) is 5.66. The van der Waals surface area contributed by atoms with E-state index >= 15 is 0 Å². The Morgan fingerprint density at radius 3 is 2.78 bits per heavy atom. The third kappa shape index (κ3) is 4.80. The number of halogens is 2. The topological polar surface area (TPSA) is 45.2 Å². The second-order valence-corrected chi connectivity index (χ2v) is 6.55. The lowest BCUT2D eigenvalue weighted by Gasteiger charge is -2.32. The summed E-state index contributed by atoms with van der Waals surface area (Å²) in [6, 6.07) is 5.82. The summed E-state index contributed by atoms with van der Waals surface area (Å²) in [6.45, 7) is 2.84. The van der Waals surface area contributed by atoms with Crippen LogP contribution in [0.3, 0.4) is 0 Å². The SMILES string of the molecule is CNCCC1CCN(C(=O)c2ccc3ncsc3c2)CC1.Cl.Cl. The number of aromatic nitrogens is 1. The number of carbonyl (C=O) groups is 1. The number of hydrogen-bond donors (Lipinski definition) is 1. The molecule has 1 saturated heterocycles. The first-order valence-electron chi connectivity index (χ1n) is 7.55. The lowest BCUT2D eigenvalue weighted by atomic mass is 9.93. The van der Waals surface area contributed by atoms with Gasteiger partial charge in [-0.15, -0.1) is 36.2 Å². The van der Waals surface area contributed by atoms with Crippen molar-refractivity contribution in [2.24, 2.45) is 5.92 Å². The molecule has 4 nitrogen and oxygen atoms in total. The Labute approximate surface area is 153 Å². The number of amides is 1. The molecule has 0 saturated carbocycles. The van der Waals surface area contributed by atoms with E-state index in [4.69, 9.17) is 0 Å². The number of likely N-dealkylation sites (tertiary alicyclic amines) is 1. The van der Waals surface area contributed by atoms with Gasteiger partial charge in [0.2, 0.25) is 0 Å². The third-order valence-electron chi connectivity index (χ3n) is 4.28. The summed E-state index contributed by atoms with van der Waals surface area (Å²) in [5.41, 5.74) is 3.59. The van der Waals surface area contributed by atoms with E-state index in [2.05, 4.69) is 10.3 Å². The van der Waals surface area contributed by atoms with E-state index in [9.17, 15) is 4.79 Å². The van der Waals surface area contributed by atoms with E-state index in [0.29, 0.717) is 0 Å². The molecular formula is C16H23Cl2N3OS. The molecule has 1 aliphatic heterocycles. The van der Waals surface area contributed by atoms with Crippen molar-refractivity contribution >= 4 is 52.3 Å². The van der Waals surface area contributed by atoms with Crippen LogP contribution in [0.4, 0.5) is 0 Å². The van der Waals surface area contributed by atoms with E-state index in [1.54, 1.807) is 11.3 Å². The molecule has 0 bridgehead atoms. The van der Waals surface area contributed by atoms with Crippen molar-refractivity contribution in [2.45, 2.75) is 19.3 Å². The fraction of sp³-hybridized carbons (Fsp3) is 0.500. The molecule has 1 aromatic carbocycles. The van der Waals surface area contributed by atoms with Crippen LogP contribution in [0.15, 0.2) is 23.7 Å². The zero-order valence-corrected chi connectivity index (χ0v) is 15.6. The van der Waals surface area contributed by atoms with Gasteiger partial charge in [-0.1, -0.05) is 0 Å². The molecule has 1 aliphatic rings. The van der Waals surface area contributed by atoms with Gasteiger partial charge in [-0.3, -0.25) is 4.79 Å². The smallest absolute Gasteiger partial charge is 0.253 e. The van der Waals surface area contributed by atoms with Crippen LogP contribution >= 0.6 is 36.2 Å². The van der Waals surface area contributed by atoms with Gasteiger partial charge in [-0.05, 0) is 57.0 Å². The van der Waals surface area contributed by atoms with Crippen LogP contribution in [0, 0.1) is 5.92 Å². The van der Waals surface area contributed by atoms with Gasteiger partial charge >= 0.3 is 0 Å². The molecule has 0 atom stereocenters. The molecule has 7 heteroatoms. The van der Waals surface area contributed by atoms with E-state index in [-0.39, 0.29) is 30.7 Å². The van der Waals surface area contributed by atoms with E-state index in [1.807, 2.05) is 35.7 Å². The number of rotatable bonds is 4. The van der Waals surface area contributed by atoms with E-state index in [1.165, 1.54) is 6.42 Å². The molecule has 1 fully saturated rings. The Bertz CT molecular complexity index is 627. The molecule has 2 aromatic rings. The van der Waals surface area contributed by atoms with Gasteiger partial charge in [0.25, 0.3) is 5.91 Å². The molecule has 23 heavy (non-hydrogen) atoms. The summed E-state index contributed by atoms with van der Waals surface area (Å²) in [7, 11) is 1.99. The number of nitrogens with one attached hydrogen (secondary N) is 1. The van der Waals surface area contributed by atoms with Gasteiger partial charge in [0.1, 0.15) is 0 Å². The maximum atomic E-state index is 12.6. The number of thiazole rings is 1. The van der Waals surface area contributed by atoms with Crippen LogP contribution in [0.25, 0.3) is 10.2 Å². The highest BCUT2D eigenvalue weighted by Gasteiger charge is 2.23. The Balaban J connectivity index is 0.00000132. The summed E-state index contributed by atoms with van der Waals surface area (Å²) >= 11 is 1.59. The van der Waals surface area contributed by atoms with Gasteiger partial charge in [0.05, 0.1) is 15.7 Å². The minimum absolute atomic E-state index is 0. The van der Waals surface area contributed by atoms with Crippen LogP contribution in [0.1, 0.15) is 29.6 Å². The monoisotopic (exact) mass is 375 g/mol. The molecule has 1 aromatic heterocycles. The van der Waals surface area contributed by atoms with Crippen molar-refractivity contribution in [1.29, 1.82) is 0 Å². The van der Waals surface area contributed by atoms with Gasteiger partial charge in [-0.25, -0.2) is 4.98 Å². The van der Waals surface area contributed by atoms with Crippen LogP contribution < -0.4 is 5.32 Å². The molecule has 0 aliphatic carbocycles. The minimum atomic E-state index is 0. The Morgan fingerprint density at radius 1 is 1.35 bits per heavy atom. The molecular weight excluding hydrogens is 353 g/mol. The lowest BCUT2D eigenvalue weighted by Crippen LogP contribution is -2.38. The van der Waals surface area contributed by atoms with Crippen molar-refractivity contribution in [2.75, 3.05) is 26.7 Å². The number of carbonyl (C=O) groups excluding carboxylic acids is 1. The van der Waals surface area contributed by atoms with Crippen molar-refractivity contribution < 1.29 is 4.79 Å². The van der Waals surface area contributed by atoms with Crippen molar-refractivity contribution in [3.63, 3.8) is 0 Å². The maximum absolute atomic E-state index is 12.6. The second kappa shape index (κ2) is 9.42. The van der Waals surface area contributed by atoms with Crippen LogP contribution in [-0.2, 0) is 0 Å². The molecule has 1 N–H and O–H groups in total. The van der Waals surface area contributed by atoms with E-state index < -0.39 is 0 Å². The number of fused-ring (bicyclic) bond motifs is 1. The number of nitrogens with zero attached hydrogens (tertiary/aromatic N) is 2. The average Bonchev–Trinajstić information content (AvgIpc) is 3.00. The third-order valence-corrected chi connectivity index (χ3v) is 5.07. The van der Waals surface area contributed by atoms with E-state index in [0.717, 1.165) is 54.2 Å². The zero-order chi connectivity index (χ0) is 14.7. The molecule has 0 unspecified atom stereocenters. The van der Waals surface area contributed by atoms with Crippen LogP contribution in [0.2, 0.25) is 0 Å². The average molecular weight is 376 g/mol. The number of benzene rings is 1. The fourth-order valence-corrected chi connectivity index (χ4v) is 3.66. The Kier molecular flexibility index (Phi) is 8.26. The minimum Gasteiger partial charge on any atom is -0.339 e. The first-order chi connectivity index (χ1) is 10.3. The molecule has 2 heterocycles. The first kappa shape index (κ1) is 20.2. The molecule has 128 valence electrons. The molecule has 0 spiro atoms. The van der Waals surface area contributed by atoms with Gasteiger partial charge in [-0.2, -0.15) is 0 Å². The van der Waals surface area contributed by atoms with Crippen LogP contribution in [-0.4, -0.2) is 42.5 Å². The zero-order valence-electron chi connectivity index (χ0n) is 13.2. The Hall–Kier alpha value is -0.880. The van der Waals surface area contributed by atoms with Crippen molar-refractivity contribution in [3.05, 3.63) is 29.3 Å². The van der Waals surface area contributed by atoms with Gasteiger partial charge in [0, 0.05) is 18.7 Å². The van der Waals surface area contributed by atoms with Crippen molar-refractivity contribution in [3.8, 4) is 0 Å².